The lowest BCUT2D eigenvalue weighted by Crippen LogP contribution is -2.14. The Bertz CT molecular complexity index is 1060. The number of aryl methyl sites for hydroxylation is 1. The van der Waals surface area contributed by atoms with Gasteiger partial charge in [0.2, 0.25) is 0 Å². The molecule has 6 heteroatoms. The Morgan fingerprint density at radius 3 is 2.33 bits per heavy atom. The van der Waals surface area contributed by atoms with Crippen LogP contribution in [0.25, 0.3) is 11.1 Å². The molecule has 3 rings (SSSR count). The molecule has 1 heterocycles. The summed E-state index contributed by atoms with van der Waals surface area (Å²) in [5.41, 5.74) is 10.5. The van der Waals surface area contributed by atoms with Crippen molar-refractivity contribution in [1.29, 1.82) is 0 Å². The molecule has 0 atom stereocenters. The van der Waals surface area contributed by atoms with Gasteiger partial charge >= 0.3 is 5.97 Å². The molecule has 5 nitrogen and oxygen atoms in total. The van der Waals surface area contributed by atoms with E-state index in [-0.39, 0.29) is 12.4 Å². The normalized spacial score (nSPS) is 10.8. The van der Waals surface area contributed by atoms with Crippen molar-refractivity contribution in [2.75, 3.05) is 7.11 Å². The Labute approximate surface area is 181 Å². The topological polar surface area (TPSA) is 74.3 Å². The zero-order valence-electron chi connectivity index (χ0n) is 17.2. The van der Waals surface area contributed by atoms with E-state index < -0.39 is 5.91 Å². The van der Waals surface area contributed by atoms with Gasteiger partial charge in [-0.2, -0.15) is 0 Å². The van der Waals surface area contributed by atoms with Crippen LogP contribution in [0.15, 0.2) is 54.6 Å². The zero-order valence-corrected chi connectivity index (χ0v) is 17.9. The molecular weight excluding hydrogens is 400 g/mol. The number of benzene rings is 2. The van der Waals surface area contributed by atoms with Gasteiger partial charge in [0, 0.05) is 34.1 Å². The number of nitrogens with zero attached hydrogens (tertiary/aromatic N) is 1. The van der Waals surface area contributed by atoms with Crippen LogP contribution in [0, 0.1) is 6.92 Å². The number of amides is 1. The number of carbonyl (C=O) groups is 2. The van der Waals surface area contributed by atoms with Crippen LogP contribution in [0.5, 0.6) is 0 Å². The largest absolute Gasteiger partial charge is 0.469 e. The quantitative estimate of drug-likeness (QED) is 0.538. The van der Waals surface area contributed by atoms with Crippen LogP contribution in [0.4, 0.5) is 0 Å². The third-order valence-electron chi connectivity index (χ3n) is 5.28. The first-order valence-corrected chi connectivity index (χ1v) is 10.2. The number of rotatable bonds is 8. The van der Waals surface area contributed by atoms with Crippen LogP contribution in [-0.2, 0) is 28.9 Å². The fourth-order valence-electron chi connectivity index (χ4n) is 3.82. The molecule has 0 saturated carbocycles. The predicted molar refractivity (Wildman–Crippen MR) is 119 cm³/mol. The smallest absolute Gasteiger partial charge is 0.305 e. The first kappa shape index (κ1) is 21.7. The maximum atomic E-state index is 12.4. The lowest BCUT2D eigenvalue weighted by Gasteiger charge is -2.14. The number of hydrogen-bond acceptors (Lipinski definition) is 3. The van der Waals surface area contributed by atoms with Gasteiger partial charge in [-0.25, -0.2) is 0 Å². The van der Waals surface area contributed by atoms with Crippen molar-refractivity contribution in [1.82, 2.24) is 4.57 Å². The molecule has 30 heavy (non-hydrogen) atoms. The number of primary amides is 1. The van der Waals surface area contributed by atoms with Gasteiger partial charge < -0.3 is 15.0 Å². The molecule has 0 aliphatic heterocycles. The molecule has 0 aliphatic rings. The molecule has 0 spiro atoms. The highest BCUT2D eigenvalue weighted by molar-refractivity contribution is 6.33. The summed E-state index contributed by atoms with van der Waals surface area (Å²) < 4.78 is 6.91. The summed E-state index contributed by atoms with van der Waals surface area (Å²) >= 11 is 6.48. The van der Waals surface area contributed by atoms with E-state index >= 15 is 0 Å². The van der Waals surface area contributed by atoms with Crippen LogP contribution in [-0.4, -0.2) is 23.6 Å². The second kappa shape index (κ2) is 9.63. The van der Waals surface area contributed by atoms with E-state index in [9.17, 15) is 9.59 Å². The van der Waals surface area contributed by atoms with Crippen molar-refractivity contribution in [2.45, 2.75) is 32.7 Å². The number of methoxy groups -OCH3 is 1. The highest BCUT2D eigenvalue weighted by Gasteiger charge is 2.26. The van der Waals surface area contributed by atoms with Gasteiger partial charge in [-0.05, 0) is 31.4 Å². The fraction of sp³-hybridized carbons (Fsp3) is 0.250. The number of ether oxygens (including phenoxy) is 1. The predicted octanol–water partition coefficient (Wildman–Crippen LogP) is 4.56. The maximum Gasteiger partial charge on any atom is 0.305 e. The molecule has 0 fully saturated rings. The molecule has 0 unspecified atom stereocenters. The summed E-state index contributed by atoms with van der Waals surface area (Å²) in [5, 5.41) is 0.527. The maximum absolute atomic E-state index is 12.4. The number of aromatic nitrogens is 1. The zero-order chi connectivity index (χ0) is 21.7. The summed E-state index contributed by atoms with van der Waals surface area (Å²) in [7, 11) is 1.37. The Balaban J connectivity index is 2.14. The van der Waals surface area contributed by atoms with Crippen molar-refractivity contribution in [2.24, 2.45) is 5.73 Å². The van der Waals surface area contributed by atoms with Gasteiger partial charge in [-0.15, -0.1) is 0 Å². The minimum absolute atomic E-state index is 0.195. The Hall–Kier alpha value is -3.05. The van der Waals surface area contributed by atoms with E-state index in [0.717, 1.165) is 23.4 Å². The molecule has 1 amide bonds. The van der Waals surface area contributed by atoms with Gasteiger partial charge in [-0.3, -0.25) is 9.59 Å². The fourth-order valence-corrected chi connectivity index (χ4v) is 4.05. The molecule has 1 aromatic heterocycles. The first-order chi connectivity index (χ1) is 14.4. The van der Waals surface area contributed by atoms with Crippen LogP contribution >= 0.6 is 11.6 Å². The molecule has 2 N–H and O–H groups in total. The van der Waals surface area contributed by atoms with Gasteiger partial charge in [0.05, 0.1) is 19.1 Å². The number of halogens is 1. The van der Waals surface area contributed by atoms with Gasteiger partial charge in [0.25, 0.3) is 5.91 Å². The molecule has 0 bridgehead atoms. The van der Waals surface area contributed by atoms with E-state index in [1.165, 1.54) is 12.7 Å². The van der Waals surface area contributed by atoms with Crippen molar-refractivity contribution in [3.05, 3.63) is 82.1 Å². The highest BCUT2D eigenvalue weighted by atomic mass is 35.5. The van der Waals surface area contributed by atoms with Gasteiger partial charge in [-0.1, -0.05) is 60.1 Å². The molecule has 0 radical (unpaired) electrons. The molecule has 0 saturated heterocycles. The van der Waals surface area contributed by atoms with Crippen LogP contribution in [0.1, 0.15) is 33.7 Å². The van der Waals surface area contributed by atoms with Crippen molar-refractivity contribution in [3.8, 4) is 11.1 Å². The minimum atomic E-state index is -0.514. The van der Waals surface area contributed by atoms with Gasteiger partial charge in [0.1, 0.15) is 0 Å². The summed E-state index contributed by atoms with van der Waals surface area (Å²) in [4.78, 5) is 24.3. The summed E-state index contributed by atoms with van der Waals surface area (Å²) in [6.07, 6.45) is 1.39. The monoisotopic (exact) mass is 424 g/mol. The standard InChI is InChI=1S/C24H25ClN2O3/c1-16-22(24(26)29)23(18-10-6-7-11-19(18)25)20(12-13-21(28)30-2)27(16)15-14-17-8-4-3-5-9-17/h3-11H,12-15H2,1-2H3,(H2,26,29). The Kier molecular flexibility index (Phi) is 6.95. The van der Waals surface area contributed by atoms with Crippen LogP contribution in [0.2, 0.25) is 5.02 Å². The average molecular weight is 425 g/mol. The second-order valence-corrected chi connectivity index (χ2v) is 7.50. The van der Waals surface area contributed by atoms with Crippen LogP contribution in [0.3, 0.4) is 0 Å². The summed E-state index contributed by atoms with van der Waals surface area (Å²) in [6.45, 7) is 2.53. The number of esters is 1. The molecule has 0 aliphatic carbocycles. The van der Waals surface area contributed by atoms with Crippen molar-refractivity contribution >= 4 is 23.5 Å². The lowest BCUT2D eigenvalue weighted by atomic mass is 9.98. The number of nitrogens with two attached hydrogens (primary N) is 1. The van der Waals surface area contributed by atoms with E-state index in [1.54, 1.807) is 6.07 Å². The number of hydrogen-bond donors (Lipinski definition) is 1. The third kappa shape index (κ3) is 4.57. The Morgan fingerprint density at radius 1 is 1.03 bits per heavy atom. The number of carbonyl (C=O) groups excluding carboxylic acids is 2. The minimum Gasteiger partial charge on any atom is -0.469 e. The summed E-state index contributed by atoms with van der Waals surface area (Å²) in [6, 6.07) is 17.5. The SMILES string of the molecule is COC(=O)CCc1c(-c2ccccc2Cl)c(C(N)=O)c(C)n1CCc1ccccc1. The van der Waals surface area contributed by atoms with Crippen molar-refractivity contribution < 1.29 is 14.3 Å². The van der Waals surface area contributed by atoms with E-state index in [2.05, 4.69) is 16.7 Å². The first-order valence-electron chi connectivity index (χ1n) is 9.81. The average Bonchev–Trinajstić information content (AvgIpc) is 3.02. The Morgan fingerprint density at radius 2 is 1.70 bits per heavy atom. The summed E-state index contributed by atoms with van der Waals surface area (Å²) in [5.74, 6) is -0.825. The van der Waals surface area contributed by atoms with E-state index in [0.29, 0.717) is 29.1 Å². The molecule has 3 aromatic rings. The highest BCUT2D eigenvalue weighted by Crippen LogP contribution is 2.37. The van der Waals surface area contributed by atoms with E-state index in [4.69, 9.17) is 22.1 Å². The lowest BCUT2D eigenvalue weighted by molar-refractivity contribution is -0.140. The second-order valence-electron chi connectivity index (χ2n) is 7.09. The molecule has 2 aromatic carbocycles. The third-order valence-corrected chi connectivity index (χ3v) is 5.61. The van der Waals surface area contributed by atoms with Gasteiger partial charge in [0.15, 0.2) is 0 Å². The van der Waals surface area contributed by atoms with Crippen LogP contribution < -0.4 is 5.73 Å². The molecule has 156 valence electrons. The van der Waals surface area contributed by atoms with Crippen molar-refractivity contribution in [3.63, 3.8) is 0 Å². The molecular formula is C24H25ClN2O3. The van der Waals surface area contributed by atoms with E-state index in [1.807, 2.05) is 43.3 Å².